The standard InChI is InChI=1S/C17H18ClN3O2/c1-10-6-7-21-16(23-10)9-15(20-21)17(22)19-14-8-13(14)11-2-4-12(18)5-3-11/h2-5,9-10,13-14H,6-8H2,1H3,(H,19,22). The molecule has 0 saturated heterocycles. The van der Waals surface area contributed by atoms with Crippen LogP contribution in [0, 0.1) is 0 Å². The maximum Gasteiger partial charge on any atom is 0.272 e. The molecule has 0 radical (unpaired) electrons. The Labute approximate surface area is 139 Å². The van der Waals surface area contributed by atoms with Crippen LogP contribution in [0.25, 0.3) is 0 Å². The summed E-state index contributed by atoms with van der Waals surface area (Å²) in [6.07, 6.45) is 2.04. The lowest BCUT2D eigenvalue weighted by molar-refractivity contribution is 0.0944. The highest BCUT2D eigenvalue weighted by Crippen LogP contribution is 2.41. The minimum Gasteiger partial charge on any atom is -0.475 e. The Balaban J connectivity index is 1.40. The van der Waals surface area contributed by atoms with Crippen molar-refractivity contribution in [3.8, 4) is 5.88 Å². The fourth-order valence-electron chi connectivity index (χ4n) is 3.01. The zero-order valence-electron chi connectivity index (χ0n) is 12.8. The van der Waals surface area contributed by atoms with E-state index < -0.39 is 0 Å². The van der Waals surface area contributed by atoms with E-state index in [0.29, 0.717) is 17.5 Å². The molecule has 1 fully saturated rings. The van der Waals surface area contributed by atoms with Crippen LogP contribution in [-0.2, 0) is 6.54 Å². The maximum atomic E-state index is 12.4. The highest BCUT2D eigenvalue weighted by Gasteiger charge is 2.40. The van der Waals surface area contributed by atoms with Crippen LogP contribution in [0.4, 0.5) is 0 Å². The number of rotatable bonds is 3. The summed E-state index contributed by atoms with van der Waals surface area (Å²) >= 11 is 5.91. The molecule has 1 aromatic carbocycles. The van der Waals surface area contributed by atoms with Gasteiger partial charge in [0.15, 0.2) is 5.69 Å². The Morgan fingerprint density at radius 3 is 2.96 bits per heavy atom. The van der Waals surface area contributed by atoms with Crippen molar-refractivity contribution in [2.75, 3.05) is 0 Å². The van der Waals surface area contributed by atoms with Crippen molar-refractivity contribution in [1.29, 1.82) is 0 Å². The van der Waals surface area contributed by atoms with Crippen LogP contribution >= 0.6 is 11.6 Å². The molecule has 0 spiro atoms. The molecule has 23 heavy (non-hydrogen) atoms. The van der Waals surface area contributed by atoms with Gasteiger partial charge in [-0.2, -0.15) is 5.10 Å². The lowest BCUT2D eigenvalue weighted by atomic mass is 10.1. The zero-order valence-corrected chi connectivity index (χ0v) is 13.6. The molecule has 3 atom stereocenters. The monoisotopic (exact) mass is 331 g/mol. The molecule has 2 aromatic rings. The fourth-order valence-corrected chi connectivity index (χ4v) is 3.14. The molecule has 1 saturated carbocycles. The van der Waals surface area contributed by atoms with Gasteiger partial charge in [0.1, 0.15) is 0 Å². The summed E-state index contributed by atoms with van der Waals surface area (Å²) in [4.78, 5) is 12.4. The average molecular weight is 332 g/mol. The minimum atomic E-state index is -0.135. The van der Waals surface area contributed by atoms with Gasteiger partial charge < -0.3 is 10.1 Å². The fraction of sp³-hybridized carbons (Fsp3) is 0.412. The SMILES string of the molecule is CC1CCn2nc(C(=O)NC3CC3c3ccc(Cl)cc3)cc2O1. The van der Waals surface area contributed by atoms with Gasteiger partial charge in [0.05, 0.1) is 6.10 Å². The first-order chi connectivity index (χ1) is 11.1. The molecule has 1 amide bonds. The van der Waals surface area contributed by atoms with Crippen LogP contribution in [0.1, 0.15) is 41.7 Å². The van der Waals surface area contributed by atoms with E-state index in [9.17, 15) is 4.79 Å². The Kier molecular flexibility index (Phi) is 3.53. The molecule has 6 heteroatoms. The number of hydrogen-bond donors (Lipinski definition) is 1. The van der Waals surface area contributed by atoms with E-state index in [0.717, 1.165) is 24.4 Å². The number of benzene rings is 1. The van der Waals surface area contributed by atoms with Crippen LogP contribution in [0.5, 0.6) is 5.88 Å². The van der Waals surface area contributed by atoms with Crippen molar-refractivity contribution in [2.24, 2.45) is 0 Å². The van der Waals surface area contributed by atoms with Gasteiger partial charge in [0, 0.05) is 36.0 Å². The van der Waals surface area contributed by atoms with E-state index in [1.807, 2.05) is 31.2 Å². The van der Waals surface area contributed by atoms with Crippen molar-refractivity contribution >= 4 is 17.5 Å². The third kappa shape index (κ3) is 2.93. The summed E-state index contributed by atoms with van der Waals surface area (Å²) in [6, 6.07) is 9.70. The van der Waals surface area contributed by atoms with Gasteiger partial charge >= 0.3 is 0 Å². The van der Waals surface area contributed by atoms with E-state index in [-0.39, 0.29) is 18.1 Å². The number of ether oxygens (including phenoxy) is 1. The van der Waals surface area contributed by atoms with E-state index >= 15 is 0 Å². The van der Waals surface area contributed by atoms with Crippen LogP contribution in [0.15, 0.2) is 30.3 Å². The molecule has 5 nitrogen and oxygen atoms in total. The molecular formula is C17H18ClN3O2. The Hall–Kier alpha value is -2.01. The highest BCUT2D eigenvalue weighted by molar-refractivity contribution is 6.30. The van der Waals surface area contributed by atoms with E-state index in [4.69, 9.17) is 16.3 Å². The van der Waals surface area contributed by atoms with Crippen molar-refractivity contribution in [2.45, 2.75) is 44.4 Å². The second kappa shape index (κ2) is 5.57. The first-order valence-corrected chi connectivity index (χ1v) is 8.29. The van der Waals surface area contributed by atoms with Gasteiger partial charge in [-0.25, -0.2) is 4.68 Å². The third-order valence-electron chi connectivity index (χ3n) is 4.45. The average Bonchev–Trinajstić information content (AvgIpc) is 3.15. The summed E-state index contributed by atoms with van der Waals surface area (Å²) in [7, 11) is 0. The van der Waals surface area contributed by atoms with Gasteiger partial charge in [0.25, 0.3) is 5.91 Å². The lowest BCUT2D eigenvalue weighted by Gasteiger charge is -2.20. The third-order valence-corrected chi connectivity index (χ3v) is 4.70. The second-order valence-electron chi connectivity index (χ2n) is 6.28. The van der Waals surface area contributed by atoms with E-state index in [2.05, 4.69) is 10.4 Å². The van der Waals surface area contributed by atoms with Gasteiger partial charge in [-0.05, 0) is 31.0 Å². The number of carbonyl (C=O) groups is 1. The van der Waals surface area contributed by atoms with Crippen molar-refractivity contribution in [3.63, 3.8) is 0 Å². The predicted molar refractivity (Wildman–Crippen MR) is 87.0 cm³/mol. The zero-order chi connectivity index (χ0) is 16.0. The normalized spacial score (nSPS) is 25.4. The maximum absolute atomic E-state index is 12.4. The smallest absolute Gasteiger partial charge is 0.272 e. The largest absolute Gasteiger partial charge is 0.475 e. The molecule has 120 valence electrons. The number of nitrogens with one attached hydrogen (secondary N) is 1. The topological polar surface area (TPSA) is 56.2 Å². The van der Waals surface area contributed by atoms with Crippen LogP contribution in [-0.4, -0.2) is 27.8 Å². The number of amides is 1. The van der Waals surface area contributed by atoms with Gasteiger partial charge in [-0.15, -0.1) is 0 Å². The second-order valence-corrected chi connectivity index (χ2v) is 6.72. The number of hydrogen-bond acceptors (Lipinski definition) is 3. The lowest BCUT2D eigenvalue weighted by Crippen LogP contribution is -2.27. The number of fused-ring (bicyclic) bond motifs is 1. The van der Waals surface area contributed by atoms with Gasteiger partial charge in [-0.3, -0.25) is 4.79 Å². The molecular weight excluding hydrogens is 314 g/mol. The van der Waals surface area contributed by atoms with Crippen LogP contribution in [0.2, 0.25) is 5.02 Å². The Bertz CT molecular complexity index is 741. The first kappa shape index (κ1) is 14.6. The number of halogens is 1. The molecule has 2 aliphatic rings. The van der Waals surface area contributed by atoms with Gasteiger partial charge in [-0.1, -0.05) is 23.7 Å². The van der Waals surface area contributed by atoms with Crippen LogP contribution < -0.4 is 10.1 Å². The number of aryl methyl sites for hydroxylation is 1. The molecule has 1 aliphatic heterocycles. The molecule has 1 N–H and O–H groups in total. The minimum absolute atomic E-state index is 0.135. The number of nitrogens with zero attached hydrogens (tertiary/aromatic N) is 2. The summed E-state index contributed by atoms with van der Waals surface area (Å²) in [5, 5.41) is 8.12. The summed E-state index contributed by atoms with van der Waals surface area (Å²) in [5.41, 5.74) is 1.64. The van der Waals surface area contributed by atoms with Crippen molar-refractivity contribution < 1.29 is 9.53 Å². The van der Waals surface area contributed by atoms with Crippen LogP contribution in [0.3, 0.4) is 0 Å². The highest BCUT2D eigenvalue weighted by atomic mass is 35.5. The van der Waals surface area contributed by atoms with Gasteiger partial charge in [0.2, 0.25) is 5.88 Å². The Morgan fingerprint density at radius 1 is 1.39 bits per heavy atom. The molecule has 2 heterocycles. The summed E-state index contributed by atoms with van der Waals surface area (Å²) in [6.45, 7) is 2.82. The van der Waals surface area contributed by atoms with Crippen molar-refractivity contribution in [3.05, 3.63) is 46.6 Å². The summed E-state index contributed by atoms with van der Waals surface area (Å²) < 4.78 is 7.46. The van der Waals surface area contributed by atoms with Crippen molar-refractivity contribution in [1.82, 2.24) is 15.1 Å². The summed E-state index contributed by atoms with van der Waals surface area (Å²) in [5.74, 6) is 0.910. The van der Waals surface area contributed by atoms with E-state index in [1.54, 1.807) is 10.7 Å². The number of aromatic nitrogens is 2. The molecule has 1 aromatic heterocycles. The quantitative estimate of drug-likeness (QED) is 0.940. The first-order valence-electron chi connectivity index (χ1n) is 7.91. The number of carbonyl (C=O) groups excluding carboxylic acids is 1. The molecule has 1 aliphatic carbocycles. The molecule has 4 rings (SSSR count). The molecule has 0 bridgehead atoms. The Morgan fingerprint density at radius 2 is 2.17 bits per heavy atom. The van der Waals surface area contributed by atoms with E-state index in [1.165, 1.54) is 5.56 Å². The molecule has 3 unspecified atom stereocenters. The predicted octanol–water partition coefficient (Wildman–Crippen LogP) is 2.99.